The first-order valence-corrected chi connectivity index (χ1v) is 9.75. The molecule has 4 aromatic rings. The molecule has 2 aromatic heterocycles. The predicted molar refractivity (Wildman–Crippen MR) is 110 cm³/mol. The standard InChI is InChI=1S/C21H13F2N3O4S/c22-12-4-3-10(6-13(12)23)11-7-14-19(18(20(11)29)21(30)25-9-17(27)28)24-8-15(26-14)16-2-1-5-31-16/h1-8,29H,9H2,(H,25,30)(H,27,28). The van der Waals surface area contributed by atoms with E-state index in [0.717, 1.165) is 17.0 Å². The summed E-state index contributed by atoms with van der Waals surface area (Å²) in [5, 5.41) is 23.7. The molecule has 0 aliphatic carbocycles. The van der Waals surface area contributed by atoms with Gasteiger partial charge in [-0.15, -0.1) is 11.3 Å². The number of carboxylic acid groups (broad SMARTS) is 1. The number of nitrogens with zero attached hydrogens (tertiary/aromatic N) is 2. The number of hydrogen-bond donors (Lipinski definition) is 3. The van der Waals surface area contributed by atoms with Crippen LogP contribution in [0.15, 0.2) is 48.0 Å². The molecule has 0 spiro atoms. The number of amides is 1. The van der Waals surface area contributed by atoms with Crippen molar-refractivity contribution in [2.24, 2.45) is 0 Å². The Labute approximate surface area is 177 Å². The second-order valence-corrected chi connectivity index (χ2v) is 7.40. The lowest BCUT2D eigenvalue weighted by Crippen LogP contribution is -2.29. The van der Waals surface area contributed by atoms with Gasteiger partial charge in [-0.1, -0.05) is 12.1 Å². The number of thiophene rings is 1. The van der Waals surface area contributed by atoms with Crippen molar-refractivity contribution in [1.82, 2.24) is 15.3 Å². The van der Waals surface area contributed by atoms with Crippen LogP contribution in [0.3, 0.4) is 0 Å². The third-order valence-electron chi connectivity index (χ3n) is 4.44. The fourth-order valence-electron chi connectivity index (χ4n) is 3.03. The van der Waals surface area contributed by atoms with Gasteiger partial charge in [0.2, 0.25) is 0 Å². The van der Waals surface area contributed by atoms with Crippen molar-refractivity contribution in [3.05, 3.63) is 65.2 Å². The number of phenolic OH excluding ortho intramolecular Hbond substituents is 1. The molecule has 0 atom stereocenters. The molecule has 10 heteroatoms. The number of carboxylic acids is 1. The molecule has 7 nitrogen and oxygen atoms in total. The summed E-state index contributed by atoms with van der Waals surface area (Å²) in [6.45, 7) is -0.685. The van der Waals surface area contributed by atoms with E-state index in [-0.39, 0.29) is 27.7 Å². The first-order chi connectivity index (χ1) is 14.8. The van der Waals surface area contributed by atoms with Gasteiger partial charge in [-0.25, -0.2) is 13.8 Å². The fourth-order valence-corrected chi connectivity index (χ4v) is 3.71. The van der Waals surface area contributed by atoms with Gasteiger partial charge in [-0.2, -0.15) is 0 Å². The highest BCUT2D eigenvalue weighted by atomic mass is 32.1. The van der Waals surface area contributed by atoms with E-state index in [1.165, 1.54) is 29.7 Å². The van der Waals surface area contributed by atoms with Crippen LogP contribution in [0.5, 0.6) is 5.75 Å². The van der Waals surface area contributed by atoms with Crippen LogP contribution < -0.4 is 5.32 Å². The summed E-state index contributed by atoms with van der Waals surface area (Å²) in [5.74, 6) is -4.93. The normalized spacial score (nSPS) is 10.9. The minimum Gasteiger partial charge on any atom is -0.506 e. The Bertz CT molecular complexity index is 1330. The number of hydrogen-bond acceptors (Lipinski definition) is 6. The lowest BCUT2D eigenvalue weighted by Gasteiger charge is -2.13. The first kappa shape index (κ1) is 20.4. The van der Waals surface area contributed by atoms with Crippen LogP contribution >= 0.6 is 11.3 Å². The lowest BCUT2D eigenvalue weighted by molar-refractivity contribution is -0.135. The number of rotatable bonds is 5. The number of nitrogens with one attached hydrogen (secondary N) is 1. The van der Waals surface area contributed by atoms with Crippen molar-refractivity contribution >= 4 is 34.2 Å². The Morgan fingerprint density at radius 1 is 1.13 bits per heavy atom. The van der Waals surface area contributed by atoms with Crippen LogP contribution in [-0.2, 0) is 4.79 Å². The fraction of sp³-hybridized carbons (Fsp3) is 0.0476. The Morgan fingerprint density at radius 3 is 2.61 bits per heavy atom. The molecule has 0 saturated carbocycles. The van der Waals surface area contributed by atoms with Gasteiger partial charge < -0.3 is 15.5 Å². The molecular weight excluding hydrogens is 428 g/mol. The maximum Gasteiger partial charge on any atom is 0.322 e. The minimum absolute atomic E-state index is 0.0181. The van der Waals surface area contributed by atoms with E-state index in [0.29, 0.717) is 5.69 Å². The van der Waals surface area contributed by atoms with Gasteiger partial charge in [0.25, 0.3) is 5.91 Å². The van der Waals surface area contributed by atoms with E-state index in [2.05, 4.69) is 15.3 Å². The van der Waals surface area contributed by atoms with Crippen molar-refractivity contribution in [2.45, 2.75) is 0 Å². The molecule has 0 bridgehead atoms. The molecule has 0 saturated heterocycles. The molecule has 2 aromatic carbocycles. The third kappa shape index (κ3) is 3.92. The molecule has 0 unspecified atom stereocenters. The summed E-state index contributed by atoms with van der Waals surface area (Å²) in [7, 11) is 0. The number of aliphatic carboxylic acids is 1. The third-order valence-corrected chi connectivity index (χ3v) is 5.33. The average Bonchev–Trinajstić information content (AvgIpc) is 3.28. The predicted octanol–water partition coefficient (Wildman–Crippen LogP) is 3.82. The number of fused-ring (bicyclic) bond motifs is 1. The SMILES string of the molecule is O=C(O)CNC(=O)c1c(O)c(-c2ccc(F)c(F)c2)cc2nc(-c3cccs3)cnc12. The molecular formula is C21H13F2N3O4S. The molecule has 3 N–H and O–H groups in total. The largest absolute Gasteiger partial charge is 0.506 e. The zero-order valence-electron chi connectivity index (χ0n) is 15.6. The summed E-state index contributed by atoms with van der Waals surface area (Å²) in [6, 6.07) is 8.10. The van der Waals surface area contributed by atoms with Crippen LogP contribution in [0.1, 0.15) is 10.4 Å². The number of benzene rings is 2. The van der Waals surface area contributed by atoms with E-state index in [9.17, 15) is 23.5 Å². The zero-order chi connectivity index (χ0) is 22.1. The van der Waals surface area contributed by atoms with Gasteiger partial charge in [0.1, 0.15) is 23.4 Å². The highest BCUT2D eigenvalue weighted by Crippen LogP contribution is 2.38. The van der Waals surface area contributed by atoms with Gasteiger partial charge in [0.05, 0.1) is 22.3 Å². The second kappa shape index (κ2) is 8.07. The Hall–Kier alpha value is -3.92. The van der Waals surface area contributed by atoms with E-state index in [1.807, 2.05) is 17.5 Å². The first-order valence-electron chi connectivity index (χ1n) is 8.87. The molecule has 0 fully saturated rings. The smallest absolute Gasteiger partial charge is 0.322 e. The maximum atomic E-state index is 13.8. The average molecular weight is 441 g/mol. The summed E-state index contributed by atoms with van der Waals surface area (Å²) in [5.41, 5.74) is 0.569. The number of halogens is 2. The maximum absolute atomic E-state index is 13.8. The van der Waals surface area contributed by atoms with E-state index in [1.54, 1.807) is 0 Å². The number of aromatic nitrogens is 2. The van der Waals surface area contributed by atoms with E-state index < -0.39 is 35.8 Å². The van der Waals surface area contributed by atoms with Crippen molar-refractivity contribution in [3.63, 3.8) is 0 Å². The van der Waals surface area contributed by atoms with Crippen LogP contribution in [0.25, 0.3) is 32.7 Å². The molecule has 0 aliphatic heterocycles. The Kier molecular flexibility index (Phi) is 5.30. The molecule has 0 radical (unpaired) electrons. The topological polar surface area (TPSA) is 112 Å². The minimum atomic E-state index is -1.28. The summed E-state index contributed by atoms with van der Waals surface area (Å²) in [4.78, 5) is 33.1. The zero-order valence-corrected chi connectivity index (χ0v) is 16.4. The van der Waals surface area contributed by atoms with Crippen LogP contribution in [0, 0.1) is 11.6 Å². The van der Waals surface area contributed by atoms with Crippen molar-refractivity contribution in [3.8, 4) is 27.4 Å². The molecule has 1 amide bonds. The van der Waals surface area contributed by atoms with E-state index >= 15 is 0 Å². The Balaban J connectivity index is 1.95. The number of carbonyl (C=O) groups is 2. The highest BCUT2D eigenvalue weighted by Gasteiger charge is 2.23. The summed E-state index contributed by atoms with van der Waals surface area (Å²) >= 11 is 1.43. The lowest BCUT2D eigenvalue weighted by atomic mass is 9.98. The van der Waals surface area contributed by atoms with Crippen molar-refractivity contribution in [2.75, 3.05) is 6.54 Å². The highest BCUT2D eigenvalue weighted by molar-refractivity contribution is 7.13. The number of aromatic hydroxyl groups is 1. The monoisotopic (exact) mass is 441 g/mol. The van der Waals surface area contributed by atoms with Gasteiger partial charge >= 0.3 is 5.97 Å². The summed E-state index contributed by atoms with van der Waals surface area (Å²) < 4.78 is 27.2. The quantitative estimate of drug-likeness (QED) is 0.434. The molecule has 31 heavy (non-hydrogen) atoms. The van der Waals surface area contributed by atoms with Crippen molar-refractivity contribution in [1.29, 1.82) is 0 Å². The molecule has 156 valence electrons. The van der Waals surface area contributed by atoms with Gasteiger partial charge in [-0.3, -0.25) is 14.6 Å². The second-order valence-electron chi connectivity index (χ2n) is 6.45. The van der Waals surface area contributed by atoms with E-state index in [4.69, 9.17) is 5.11 Å². The molecule has 4 rings (SSSR count). The number of carbonyl (C=O) groups excluding carboxylic acids is 1. The van der Waals surface area contributed by atoms with Crippen molar-refractivity contribution < 1.29 is 28.6 Å². The van der Waals surface area contributed by atoms with Crippen LogP contribution in [0.4, 0.5) is 8.78 Å². The van der Waals surface area contributed by atoms with Crippen LogP contribution in [0.2, 0.25) is 0 Å². The number of phenols is 1. The summed E-state index contributed by atoms with van der Waals surface area (Å²) in [6.07, 6.45) is 1.43. The molecule has 2 heterocycles. The van der Waals surface area contributed by atoms with Crippen LogP contribution in [-0.4, -0.2) is 38.6 Å². The Morgan fingerprint density at radius 2 is 1.94 bits per heavy atom. The van der Waals surface area contributed by atoms with Gasteiger partial charge in [-0.05, 0) is 35.2 Å². The van der Waals surface area contributed by atoms with Gasteiger partial charge in [0.15, 0.2) is 11.6 Å². The molecule has 0 aliphatic rings. The van der Waals surface area contributed by atoms with Gasteiger partial charge in [0, 0.05) is 5.56 Å².